The van der Waals surface area contributed by atoms with E-state index in [2.05, 4.69) is 67.2 Å². The van der Waals surface area contributed by atoms with Crippen LogP contribution < -0.4 is 10.6 Å². The number of nitrogens with zero attached hydrogens (tertiary/aromatic N) is 3. The Morgan fingerprint density at radius 1 is 1.24 bits per heavy atom. The molecule has 0 fully saturated rings. The lowest BCUT2D eigenvalue weighted by molar-refractivity contribution is 0.261. The molecular weight excluding hydrogens is 262 g/mol. The second-order valence-corrected chi connectivity index (χ2v) is 6.63. The zero-order valence-corrected chi connectivity index (χ0v) is 14.6. The highest BCUT2D eigenvalue weighted by Crippen LogP contribution is 2.22. The summed E-state index contributed by atoms with van der Waals surface area (Å²) >= 11 is 0. The molecule has 0 aliphatic heterocycles. The topological polar surface area (TPSA) is 53.1 Å². The minimum Gasteiger partial charge on any atom is -0.373 e. The van der Waals surface area contributed by atoms with Gasteiger partial charge in [-0.25, -0.2) is 9.97 Å². The van der Waals surface area contributed by atoms with Gasteiger partial charge in [0.2, 0.25) is 0 Å². The molecule has 1 heterocycles. The molecular formula is C16H31N5. The molecule has 5 nitrogen and oxygen atoms in total. The van der Waals surface area contributed by atoms with E-state index in [1.165, 1.54) is 6.42 Å². The first-order valence-corrected chi connectivity index (χ1v) is 7.79. The standard InChI is InChI=1S/C16H31N5/c1-8-12(2)21(7)10-9-18-14-11-13(17-6)19-15(20-14)16(3,4)5/h11-12H,8-10H2,1-7H3,(H2,17,18,19,20). The van der Waals surface area contributed by atoms with E-state index >= 15 is 0 Å². The lowest BCUT2D eigenvalue weighted by Gasteiger charge is -2.24. The van der Waals surface area contributed by atoms with Gasteiger partial charge in [-0.15, -0.1) is 0 Å². The van der Waals surface area contributed by atoms with Crippen LogP contribution in [-0.2, 0) is 5.41 Å². The summed E-state index contributed by atoms with van der Waals surface area (Å²) in [5.41, 5.74) is -0.0587. The van der Waals surface area contributed by atoms with E-state index < -0.39 is 0 Å². The van der Waals surface area contributed by atoms with Crippen LogP contribution in [0, 0.1) is 0 Å². The maximum Gasteiger partial charge on any atom is 0.138 e. The van der Waals surface area contributed by atoms with Gasteiger partial charge in [0.05, 0.1) is 0 Å². The van der Waals surface area contributed by atoms with Crippen molar-refractivity contribution in [1.29, 1.82) is 0 Å². The third-order valence-electron chi connectivity index (χ3n) is 3.77. The van der Waals surface area contributed by atoms with E-state index in [1.54, 1.807) is 0 Å². The predicted octanol–water partition coefficient (Wildman–Crippen LogP) is 2.96. The molecule has 0 saturated heterocycles. The zero-order valence-electron chi connectivity index (χ0n) is 14.6. The third kappa shape index (κ3) is 5.50. The molecule has 21 heavy (non-hydrogen) atoms. The number of hydrogen-bond acceptors (Lipinski definition) is 5. The first-order valence-electron chi connectivity index (χ1n) is 7.79. The molecule has 1 rings (SSSR count). The largest absolute Gasteiger partial charge is 0.373 e. The fourth-order valence-electron chi connectivity index (χ4n) is 1.89. The highest BCUT2D eigenvalue weighted by molar-refractivity contribution is 5.47. The molecule has 0 saturated carbocycles. The van der Waals surface area contributed by atoms with E-state index in [4.69, 9.17) is 0 Å². The van der Waals surface area contributed by atoms with Gasteiger partial charge in [0, 0.05) is 37.7 Å². The van der Waals surface area contributed by atoms with Crippen LogP contribution in [0.2, 0.25) is 0 Å². The van der Waals surface area contributed by atoms with Gasteiger partial charge in [-0.2, -0.15) is 0 Å². The molecule has 2 N–H and O–H groups in total. The summed E-state index contributed by atoms with van der Waals surface area (Å²) in [5.74, 6) is 2.59. The van der Waals surface area contributed by atoms with Crippen molar-refractivity contribution < 1.29 is 0 Å². The van der Waals surface area contributed by atoms with Crippen molar-refractivity contribution >= 4 is 11.6 Å². The number of nitrogens with one attached hydrogen (secondary N) is 2. The monoisotopic (exact) mass is 293 g/mol. The Kier molecular flexibility index (Phi) is 6.40. The minimum absolute atomic E-state index is 0.0587. The maximum atomic E-state index is 4.63. The first kappa shape index (κ1) is 17.7. The normalized spacial score (nSPS) is 13.3. The van der Waals surface area contributed by atoms with Gasteiger partial charge in [0.15, 0.2) is 0 Å². The van der Waals surface area contributed by atoms with Crippen molar-refractivity contribution in [2.75, 3.05) is 37.8 Å². The highest BCUT2D eigenvalue weighted by Gasteiger charge is 2.19. The van der Waals surface area contributed by atoms with Crippen LogP contribution in [0.5, 0.6) is 0 Å². The smallest absolute Gasteiger partial charge is 0.138 e. The van der Waals surface area contributed by atoms with Crippen molar-refractivity contribution in [2.45, 2.75) is 52.5 Å². The molecule has 0 radical (unpaired) electrons. The van der Waals surface area contributed by atoms with Crippen molar-refractivity contribution in [3.8, 4) is 0 Å². The van der Waals surface area contributed by atoms with Gasteiger partial charge in [0.25, 0.3) is 0 Å². The van der Waals surface area contributed by atoms with Crippen LogP contribution in [0.25, 0.3) is 0 Å². The molecule has 1 aromatic rings. The lowest BCUT2D eigenvalue weighted by atomic mass is 9.96. The molecule has 0 spiro atoms. The van der Waals surface area contributed by atoms with Crippen LogP contribution in [0.3, 0.4) is 0 Å². The third-order valence-corrected chi connectivity index (χ3v) is 3.77. The van der Waals surface area contributed by atoms with Crippen LogP contribution in [0.1, 0.15) is 46.9 Å². The predicted molar refractivity (Wildman–Crippen MR) is 91.2 cm³/mol. The molecule has 1 atom stereocenters. The van der Waals surface area contributed by atoms with Gasteiger partial charge in [-0.1, -0.05) is 27.7 Å². The molecule has 5 heteroatoms. The SMILES string of the molecule is CCC(C)N(C)CCNc1cc(NC)nc(C(C)(C)C)n1. The van der Waals surface area contributed by atoms with E-state index in [-0.39, 0.29) is 5.41 Å². The molecule has 1 aromatic heterocycles. The summed E-state index contributed by atoms with van der Waals surface area (Å²) in [6.07, 6.45) is 1.17. The summed E-state index contributed by atoms with van der Waals surface area (Å²) < 4.78 is 0. The van der Waals surface area contributed by atoms with Crippen molar-refractivity contribution in [1.82, 2.24) is 14.9 Å². The second kappa shape index (κ2) is 7.59. The van der Waals surface area contributed by atoms with Gasteiger partial charge < -0.3 is 15.5 Å². The molecule has 120 valence electrons. The molecule has 1 unspecified atom stereocenters. The average molecular weight is 293 g/mol. The molecule has 0 bridgehead atoms. The van der Waals surface area contributed by atoms with Gasteiger partial charge in [-0.05, 0) is 20.4 Å². The molecule has 0 aliphatic rings. The lowest BCUT2D eigenvalue weighted by Crippen LogP contribution is -2.33. The van der Waals surface area contributed by atoms with Gasteiger partial charge >= 0.3 is 0 Å². The zero-order chi connectivity index (χ0) is 16.0. The van der Waals surface area contributed by atoms with Crippen molar-refractivity contribution in [2.24, 2.45) is 0 Å². The Labute approximate surface area is 129 Å². The van der Waals surface area contributed by atoms with Crippen molar-refractivity contribution in [3.63, 3.8) is 0 Å². The average Bonchev–Trinajstić information content (AvgIpc) is 2.44. The summed E-state index contributed by atoms with van der Waals surface area (Å²) in [4.78, 5) is 11.5. The number of likely N-dealkylation sites (N-methyl/N-ethyl adjacent to an activating group) is 1. The Morgan fingerprint density at radius 2 is 1.86 bits per heavy atom. The van der Waals surface area contributed by atoms with Crippen LogP contribution in [0.15, 0.2) is 6.07 Å². The number of hydrogen-bond donors (Lipinski definition) is 2. The van der Waals surface area contributed by atoms with E-state index in [9.17, 15) is 0 Å². The summed E-state index contributed by atoms with van der Waals surface area (Å²) in [7, 11) is 4.05. The van der Waals surface area contributed by atoms with E-state index in [0.717, 1.165) is 30.5 Å². The van der Waals surface area contributed by atoms with Crippen LogP contribution >= 0.6 is 0 Å². The summed E-state index contributed by atoms with van der Waals surface area (Å²) in [5, 5.41) is 6.51. The highest BCUT2D eigenvalue weighted by atomic mass is 15.1. The van der Waals surface area contributed by atoms with Gasteiger partial charge in [0.1, 0.15) is 17.5 Å². The van der Waals surface area contributed by atoms with Gasteiger partial charge in [-0.3, -0.25) is 0 Å². The summed E-state index contributed by atoms with van der Waals surface area (Å²) in [6, 6.07) is 2.56. The molecule has 0 aliphatic carbocycles. The number of aromatic nitrogens is 2. The Bertz CT molecular complexity index is 439. The molecule has 0 aromatic carbocycles. The number of anilines is 2. The molecule has 0 amide bonds. The quantitative estimate of drug-likeness (QED) is 0.809. The fraction of sp³-hybridized carbons (Fsp3) is 0.750. The first-order chi connectivity index (χ1) is 9.77. The van der Waals surface area contributed by atoms with E-state index in [1.807, 2.05) is 13.1 Å². The summed E-state index contributed by atoms with van der Waals surface area (Å²) in [6.45, 7) is 12.7. The van der Waals surface area contributed by atoms with E-state index in [0.29, 0.717) is 6.04 Å². The van der Waals surface area contributed by atoms with Crippen LogP contribution in [0.4, 0.5) is 11.6 Å². The fourth-order valence-corrected chi connectivity index (χ4v) is 1.89. The van der Waals surface area contributed by atoms with Crippen molar-refractivity contribution in [3.05, 3.63) is 11.9 Å². The van der Waals surface area contributed by atoms with Crippen LogP contribution in [-0.4, -0.2) is 48.1 Å². The maximum absolute atomic E-state index is 4.63. The second-order valence-electron chi connectivity index (χ2n) is 6.63. The Morgan fingerprint density at radius 3 is 2.38 bits per heavy atom. The Balaban J connectivity index is 2.71. The minimum atomic E-state index is -0.0587. The number of rotatable bonds is 7. The Hall–Kier alpha value is -1.36.